The standard InChI is InChI=1S/C25H25N3O5S/c26-24(29)22-6-1-2-7-23(22)33-16-18-4-3-5-19(14-18)25(30)27-15-17-8-12-21(13-9-17)34(31,32)28-20-10-11-20/h1-9,12-14,20,28H,10-11,15-16H2,(H2,26,29)(H,27,30). The first-order valence-electron chi connectivity index (χ1n) is 10.8. The molecule has 1 saturated carbocycles. The summed E-state index contributed by atoms with van der Waals surface area (Å²) in [6, 6.07) is 20.2. The molecule has 4 rings (SSSR count). The molecule has 1 fully saturated rings. The molecule has 0 saturated heterocycles. The molecule has 0 bridgehead atoms. The van der Waals surface area contributed by atoms with Gasteiger partial charge in [0, 0.05) is 18.2 Å². The van der Waals surface area contributed by atoms with Crippen molar-refractivity contribution in [2.75, 3.05) is 0 Å². The Hall–Kier alpha value is -3.69. The van der Waals surface area contributed by atoms with Crippen molar-refractivity contribution in [2.45, 2.75) is 36.9 Å². The van der Waals surface area contributed by atoms with Gasteiger partial charge in [-0.1, -0.05) is 36.4 Å². The van der Waals surface area contributed by atoms with Crippen LogP contribution in [0.25, 0.3) is 0 Å². The van der Waals surface area contributed by atoms with E-state index in [1.165, 1.54) is 12.1 Å². The Morgan fingerprint density at radius 3 is 2.38 bits per heavy atom. The molecule has 4 N–H and O–H groups in total. The van der Waals surface area contributed by atoms with Crippen molar-refractivity contribution in [3.05, 3.63) is 95.1 Å². The second-order valence-electron chi connectivity index (χ2n) is 8.07. The van der Waals surface area contributed by atoms with Crippen LogP contribution in [0.4, 0.5) is 0 Å². The van der Waals surface area contributed by atoms with E-state index in [-0.39, 0.29) is 30.0 Å². The average molecular weight is 480 g/mol. The molecule has 9 heteroatoms. The summed E-state index contributed by atoms with van der Waals surface area (Å²) in [7, 11) is -3.50. The number of nitrogens with one attached hydrogen (secondary N) is 2. The van der Waals surface area contributed by atoms with Crippen LogP contribution in [0.3, 0.4) is 0 Å². The lowest BCUT2D eigenvalue weighted by atomic mass is 10.1. The molecule has 0 heterocycles. The fourth-order valence-electron chi connectivity index (χ4n) is 3.32. The number of carbonyl (C=O) groups excluding carboxylic acids is 2. The molecule has 1 aliphatic rings. The molecule has 0 radical (unpaired) electrons. The van der Waals surface area contributed by atoms with Gasteiger partial charge in [-0.3, -0.25) is 9.59 Å². The van der Waals surface area contributed by atoms with Crippen molar-refractivity contribution in [1.29, 1.82) is 0 Å². The summed E-state index contributed by atoms with van der Waals surface area (Å²) in [6.45, 7) is 0.415. The minimum atomic E-state index is -3.50. The van der Waals surface area contributed by atoms with Crippen molar-refractivity contribution in [3.63, 3.8) is 0 Å². The first-order chi connectivity index (χ1) is 16.3. The zero-order valence-electron chi connectivity index (χ0n) is 18.4. The molecule has 0 unspecified atom stereocenters. The van der Waals surface area contributed by atoms with Crippen molar-refractivity contribution in [3.8, 4) is 5.75 Å². The molecule has 0 aliphatic heterocycles. The maximum atomic E-state index is 12.6. The molecule has 34 heavy (non-hydrogen) atoms. The number of ether oxygens (including phenoxy) is 1. The number of hydrogen-bond acceptors (Lipinski definition) is 5. The highest BCUT2D eigenvalue weighted by molar-refractivity contribution is 7.89. The summed E-state index contributed by atoms with van der Waals surface area (Å²) in [5, 5.41) is 2.83. The van der Waals surface area contributed by atoms with Crippen LogP contribution in [0.15, 0.2) is 77.7 Å². The molecule has 3 aromatic rings. The zero-order chi connectivity index (χ0) is 24.1. The van der Waals surface area contributed by atoms with E-state index in [2.05, 4.69) is 10.0 Å². The van der Waals surface area contributed by atoms with E-state index in [4.69, 9.17) is 10.5 Å². The number of carbonyl (C=O) groups is 2. The van der Waals surface area contributed by atoms with Gasteiger partial charge in [0.2, 0.25) is 10.0 Å². The lowest BCUT2D eigenvalue weighted by molar-refractivity contribution is 0.0949. The second-order valence-corrected chi connectivity index (χ2v) is 9.79. The van der Waals surface area contributed by atoms with E-state index < -0.39 is 15.9 Å². The van der Waals surface area contributed by atoms with Crippen LogP contribution in [0.2, 0.25) is 0 Å². The summed E-state index contributed by atoms with van der Waals surface area (Å²) in [5.74, 6) is -0.470. The molecule has 8 nitrogen and oxygen atoms in total. The van der Waals surface area contributed by atoms with Gasteiger partial charge < -0.3 is 15.8 Å². The highest BCUT2D eigenvalue weighted by atomic mass is 32.2. The quantitative estimate of drug-likeness (QED) is 0.412. The first-order valence-corrected chi connectivity index (χ1v) is 12.3. The molecular weight excluding hydrogens is 454 g/mol. The van der Waals surface area contributed by atoms with Crippen LogP contribution in [0.1, 0.15) is 44.7 Å². The summed E-state index contributed by atoms with van der Waals surface area (Å²) < 4.78 is 32.9. The fraction of sp³-hybridized carbons (Fsp3) is 0.200. The Bertz CT molecular complexity index is 1300. The van der Waals surface area contributed by atoms with Gasteiger partial charge in [0.05, 0.1) is 10.5 Å². The predicted octanol–water partition coefficient (Wildman–Crippen LogP) is 2.74. The summed E-state index contributed by atoms with van der Waals surface area (Å²) in [4.78, 5) is 24.4. The van der Waals surface area contributed by atoms with Crippen molar-refractivity contribution < 1.29 is 22.7 Å². The van der Waals surface area contributed by atoms with E-state index in [9.17, 15) is 18.0 Å². The predicted molar refractivity (Wildman–Crippen MR) is 127 cm³/mol. The van der Waals surface area contributed by atoms with Gasteiger partial charge >= 0.3 is 0 Å². The Labute approximate surface area is 198 Å². The minimum absolute atomic E-state index is 0.0445. The monoisotopic (exact) mass is 479 g/mol. The molecule has 176 valence electrons. The van der Waals surface area contributed by atoms with Gasteiger partial charge in [-0.2, -0.15) is 0 Å². The minimum Gasteiger partial charge on any atom is -0.488 e. The SMILES string of the molecule is NC(=O)c1ccccc1OCc1cccc(C(=O)NCc2ccc(S(=O)(=O)NC3CC3)cc2)c1. The van der Waals surface area contributed by atoms with Crippen LogP contribution in [-0.4, -0.2) is 26.3 Å². The number of nitrogens with two attached hydrogens (primary N) is 1. The van der Waals surface area contributed by atoms with Gasteiger partial charge in [-0.05, 0) is 60.4 Å². The van der Waals surface area contributed by atoms with Crippen LogP contribution >= 0.6 is 0 Å². The van der Waals surface area contributed by atoms with Crippen molar-refractivity contribution in [1.82, 2.24) is 10.0 Å². The average Bonchev–Trinajstić information content (AvgIpc) is 3.65. The molecule has 0 spiro atoms. The van der Waals surface area contributed by atoms with E-state index in [1.54, 1.807) is 54.6 Å². The number of amides is 2. The highest BCUT2D eigenvalue weighted by Gasteiger charge is 2.27. The van der Waals surface area contributed by atoms with Crippen LogP contribution < -0.4 is 20.5 Å². The summed E-state index contributed by atoms with van der Waals surface area (Å²) in [6.07, 6.45) is 1.74. The lowest BCUT2D eigenvalue weighted by Crippen LogP contribution is -2.26. The number of hydrogen-bond donors (Lipinski definition) is 3. The number of para-hydroxylation sites is 1. The van der Waals surface area contributed by atoms with E-state index in [0.717, 1.165) is 24.0 Å². The molecule has 2 amide bonds. The van der Waals surface area contributed by atoms with Gasteiger partial charge in [0.1, 0.15) is 12.4 Å². The Balaban J connectivity index is 1.34. The highest BCUT2D eigenvalue weighted by Crippen LogP contribution is 2.22. The molecular formula is C25H25N3O5S. The molecule has 1 aliphatic carbocycles. The third-order valence-corrected chi connectivity index (χ3v) is 6.86. The zero-order valence-corrected chi connectivity index (χ0v) is 19.2. The summed E-state index contributed by atoms with van der Waals surface area (Å²) >= 11 is 0. The molecule has 0 aromatic heterocycles. The van der Waals surface area contributed by atoms with E-state index >= 15 is 0 Å². The second kappa shape index (κ2) is 10.1. The van der Waals surface area contributed by atoms with Crippen molar-refractivity contribution >= 4 is 21.8 Å². The number of sulfonamides is 1. The van der Waals surface area contributed by atoms with Gasteiger partial charge in [0.25, 0.3) is 11.8 Å². The number of rotatable bonds is 10. The molecule has 3 aromatic carbocycles. The normalized spacial score (nSPS) is 13.3. The van der Waals surface area contributed by atoms with Crippen LogP contribution in [0.5, 0.6) is 5.75 Å². The maximum Gasteiger partial charge on any atom is 0.252 e. The van der Waals surface area contributed by atoms with Crippen LogP contribution in [-0.2, 0) is 23.2 Å². The smallest absolute Gasteiger partial charge is 0.252 e. The van der Waals surface area contributed by atoms with Gasteiger partial charge in [-0.25, -0.2) is 13.1 Å². The number of benzene rings is 3. The van der Waals surface area contributed by atoms with E-state index in [1.807, 2.05) is 6.07 Å². The van der Waals surface area contributed by atoms with Crippen LogP contribution in [0, 0.1) is 0 Å². The van der Waals surface area contributed by atoms with E-state index in [0.29, 0.717) is 16.9 Å². The number of primary amides is 1. The third-order valence-electron chi connectivity index (χ3n) is 5.32. The van der Waals surface area contributed by atoms with Gasteiger partial charge in [0.15, 0.2) is 0 Å². The Morgan fingerprint density at radius 1 is 0.941 bits per heavy atom. The fourth-order valence-corrected chi connectivity index (χ4v) is 4.62. The Morgan fingerprint density at radius 2 is 1.68 bits per heavy atom. The van der Waals surface area contributed by atoms with Gasteiger partial charge in [-0.15, -0.1) is 0 Å². The largest absolute Gasteiger partial charge is 0.488 e. The lowest BCUT2D eigenvalue weighted by Gasteiger charge is -2.11. The summed E-state index contributed by atoms with van der Waals surface area (Å²) in [5.41, 5.74) is 7.65. The first kappa shape index (κ1) is 23.5. The third kappa shape index (κ3) is 6.00. The van der Waals surface area contributed by atoms with Crippen molar-refractivity contribution in [2.24, 2.45) is 5.73 Å². The molecule has 0 atom stereocenters. The Kier molecular flexibility index (Phi) is 6.95. The maximum absolute atomic E-state index is 12.6. The topological polar surface area (TPSA) is 128 Å².